The highest BCUT2D eigenvalue weighted by atomic mass is 16.3. The topological polar surface area (TPSA) is 33.4 Å². The molecule has 0 saturated carbocycles. The van der Waals surface area contributed by atoms with Gasteiger partial charge in [0, 0.05) is 12.0 Å². The van der Waals surface area contributed by atoms with E-state index >= 15 is 0 Å². The molecule has 1 heterocycles. The smallest absolute Gasteiger partial charge is 0.138 e. The van der Waals surface area contributed by atoms with Crippen molar-refractivity contribution in [3.63, 3.8) is 0 Å². The number of rotatable bonds is 3. The van der Waals surface area contributed by atoms with E-state index in [4.69, 9.17) is 4.42 Å². The van der Waals surface area contributed by atoms with Crippen LogP contribution >= 0.6 is 0 Å². The number of furan rings is 1. The monoisotopic (exact) mass is 216 g/mol. The summed E-state index contributed by atoms with van der Waals surface area (Å²) in [4.78, 5) is 0. The highest BCUT2D eigenvalue weighted by Crippen LogP contribution is 2.35. The van der Waals surface area contributed by atoms with Crippen LogP contribution in [-0.4, -0.2) is 5.11 Å². The minimum absolute atomic E-state index is 0.332. The molecule has 1 aromatic heterocycles. The maximum atomic E-state index is 10.2. The van der Waals surface area contributed by atoms with E-state index in [2.05, 4.69) is 6.58 Å². The summed E-state index contributed by atoms with van der Waals surface area (Å²) in [7, 11) is 0. The summed E-state index contributed by atoms with van der Waals surface area (Å²) in [5.41, 5.74) is 2.70. The van der Waals surface area contributed by atoms with Gasteiger partial charge in [-0.2, -0.15) is 0 Å². The van der Waals surface area contributed by atoms with E-state index in [1.54, 1.807) is 6.08 Å². The zero-order chi connectivity index (χ0) is 11.7. The van der Waals surface area contributed by atoms with Crippen molar-refractivity contribution in [2.75, 3.05) is 0 Å². The summed E-state index contributed by atoms with van der Waals surface area (Å²) in [6.07, 6.45) is 3.31. The van der Waals surface area contributed by atoms with Gasteiger partial charge in [-0.3, -0.25) is 0 Å². The molecular formula is C14H16O2. The van der Waals surface area contributed by atoms with Crippen molar-refractivity contribution in [2.24, 2.45) is 0 Å². The van der Waals surface area contributed by atoms with Gasteiger partial charge in [0.2, 0.25) is 0 Å². The third-order valence-electron chi connectivity index (χ3n) is 2.94. The SMILES string of the molecule is C=CCc1ccc2oc(CC)c(C)c2c1O. The standard InChI is InChI=1S/C14H16O2/c1-4-6-10-7-8-12-13(14(10)15)9(3)11(5-2)16-12/h4,7-8,15H,1,5-6H2,2-3H3. The molecule has 0 bridgehead atoms. The van der Waals surface area contributed by atoms with Gasteiger partial charge in [-0.1, -0.05) is 19.1 Å². The van der Waals surface area contributed by atoms with Gasteiger partial charge in [0.05, 0.1) is 5.39 Å². The lowest BCUT2D eigenvalue weighted by Gasteiger charge is -2.02. The fourth-order valence-corrected chi connectivity index (χ4v) is 2.07. The number of fused-ring (bicyclic) bond motifs is 1. The molecule has 0 amide bonds. The van der Waals surface area contributed by atoms with Gasteiger partial charge >= 0.3 is 0 Å². The third-order valence-corrected chi connectivity index (χ3v) is 2.94. The average molecular weight is 216 g/mol. The molecule has 0 spiro atoms. The van der Waals surface area contributed by atoms with E-state index in [1.807, 2.05) is 26.0 Å². The highest BCUT2D eigenvalue weighted by Gasteiger charge is 2.14. The molecule has 1 N–H and O–H groups in total. The van der Waals surface area contributed by atoms with Gasteiger partial charge in [-0.05, 0) is 25.0 Å². The fourth-order valence-electron chi connectivity index (χ4n) is 2.07. The van der Waals surface area contributed by atoms with E-state index in [0.29, 0.717) is 12.2 Å². The molecule has 0 atom stereocenters. The fraction of sp³-hybridized carbons (Fsp3) is 0.286. The van der Waals surface area contributed by atoms with Crippen LogP contribution in [0.1, 0.15) is 23.8 Å². The molecule has 84 valence electrons. The third kappa shape index (κ3) is 1.51. The van der Waals surface area contributed by atoms with Crippen molar-refractivity contribution in [2.45, 2.75) is 26.7 Å². The van der Waals surface area contributed by atoms with Gasteiger partial charge in [0.25, 0.3) is 0 Å². The summed E-state index contributed by atoms with van der Waals surface area (Å²) in [6, 6.07) is 3.81. The van der Waals surface area contributed by atoms with E-state index < -0.39 is 0 Å². The number of benzene rings is 1. The van der Waals surface area contributed by atoms with Gasteiger partial charge in [-0.25, -0.2) is 0 Å². The molecule has 0 aliphatic rings. The van der Waals surface area contributed by atoms with Crippen LogP contribution in [0.2, 0.25) is 0 Å². The molecule has 0 aliphatic carbocycles. The van der Waals surface area contributed by atoms with Gasteiger partial charge in [-0.15, -0.1) is 6.58 Å². The Bertz CT molecular complexity index is 535. The second-order valence-electron chi connectivity index (χ2n) is 3.94. The van der Waals surface area contributed by atoms with Gasteiger partial charge in [0.15, 0.2) is 0 Å². The number of phenols is 1. The van der Waals surface area contributed by atoms with Crippen LogP contribution in [0.3, 0.4) is 0 Å². The molecule has 16 heavy (non-hydrogen) atoms. The Morgan fingerprint density at radius 2 is 2.19 bits per heavy atom. The second-order valence-corrected chi connectivity index (χ2v) is 3.94. The van der Waals surface area contributed by atoms with Crippen LogP contribution in [0.25, 0.3) is 11.0 Å². The van der Waals surface area contributed by atoms with Crippen molar-refractivity contribution in [1.29, 1.82) is 0 Å². The molecule has 0 fully saturated rings. The molecule has 0 aliphatic heterocycles. The molecule has 2 heteroatoms. The zero-order valence-corrected chi connectivity index (χ0v) is 9.71. The number of aromatic hydroxyl groups is 1. The predicted molar refractivity (Wildman–Crippen MR) is 65.9 cm³/mol. The first kappa shape index (κ1) is 10.8. The quantitative estimate of drug-likeness (QED) is 0.793. The van der Waals surface area contributed by atoms with E-state index in [9.17, 15) is 5.11 Å². The van der Waals surface area contributed by atoms with Crippen LogP contribution in [-0.2, 0) is 12.8 Å². The van der Waals surface area contributed by atoms with E-state index in [0.717, 1.165) is 34.3 Å². The minimum atomic E-state index is 0.332. The molecule has 2 aromatic rings. The zero-order valence-electron chi connectivity index (χ0n) is 9.71. The van der Waals surface area contributed by atoms with Gasteiger partial charge < -0.3 is 9.52 Å². The number of phenolic OH excluding ortho intramolecular Hbond substituents is 1. The summed E-state index contributed by atoms with van der Waals surface area (Å²) in [5.74, 6) is 1.28. The Morgan fingerprint density at radius 3 is 2.81 bits per heavy atom. The molecule has 1 aromatic carbocycles. The summed E-state index contributed by atoms with van der Waals surface area (Å²) in [5, 5.41) is 11.0. The van der Waals surface area contributed by atoms with Crippen molar-refractivity contribution in [1.82, 2.24) is 0 Å². The Labute approximate surface area is 95.2 Å². The van der Waals surface area contributed by atoms with Crippen molar-refractivity contribution in [3.05, 3.63) is 41.7 Å². The molecule has 0 saturated heterocycles. The Morgan fingerprint density at radius 1 is 1.44 bits per heavy atom. The predicted octanol–water partition coefficient (Wildman–Crippen LogP) is 3.74. The number of hydrogen-bond acceptors (Lipinski definition) is 2. The number of aryl methyl sites for hydroxylation is 2. The Balaban J connectivity index is 2.72. The van der Waals surface area contributed by atoms with Crippen LogP contribution in [0.15, 0.2) is 29.2 Å². The lowest BCUT2D eigenvalue weighted by Crippen LogP contribution is -1.84. The highest BCUT2D eigenvalue weighted by molar-refractivity contribution is 5.89. The van der Waals surface area contributed by atoms with Crippen LogP contribution in [0.4, 0.5) is 0 Å². The van der Waals surface area contributed by atoms with Crippen LogP contribution < -0.4 is 0 Å². The first-order valence-corrected chi connectivity index (χ1v) is 5.52. The summed E-state index contributed by atoms with van der Waals surface area (Å²) >= 11 is 0. The van der Waals surface area contributed by atoms with Crippen molar-refractivity contribution < 1.29 is 9.52 Å². The van der Waals surface area contributed by atoms with Gasteiger partial charge in [0.1, 0.15) is 17.1 Å². The largest absolute Gasteiger partial charge is 0.507 e. The van der Waals surface area contributed by atoms with Crippen LogP contribution in [0, 0.1) is 6.92 Å². The Hall–Kier alpha value is -1.70. The molecule has 0 radical (unpaired) electrons. The lowest BCUT2D eigenvalue weighted by molar-refractivity contribution is 0.475. The Kier molecular flexibility index (Phi) is 2.73. The van der Waals surface area contributed by atoms with Crippen molar-refractivity contribution in [3.8, 4) is 5.75 Å². The maximum absolute atomic E-state index is 10.2. The van der Waals surface area contributed by atoms with Crippen molar-refractivity contribution >= 4 is 11.0 Å². The molecular weight excluding hydrogens is 200 g/mol. The summed E-state index contributed by atoms with van der Waals surface area (Å²) < 4.78 is 5.68. The molecule has 2 nitrogen and oxygen atoms in total. The number of hydrogen-bond donors (Lipinski definition) is 1. The van der Waals surface area contributed by atoms with Crippen LogP contribution in [0.5, 0.6) is 5.75 Å². The normalized spacial score (nSPS) is 10.9. The second kappa shape index (κ2) is 4.05. The minimum Gasteiger partial charge on any atom is -0.507 e. The van der Waals surface area contributed by atoms with E-state index in [1.165, 1.54) is 0 Å². The molecule has 0 unspecified atom stereocenters. The molecule has 2 rings (SSSR count). The summed E-state index contributed by atoms with van der Waals surface area (Å²) in [6.45, 7) is 7.72. The first-order valence-electron chi connectivity index (χ1n) is 5.52. The first-order chi connectivity index (χ1) is 7.69. The van der Waals surface area contributed by atoms with E-state index in [-0.39, 0.29) is 0 Å². The average Bonchev–Trinajstić information content (AvgIpc) is 2.60. The number of allylic oxidation sites excluding steroid dienone is 1. The lowest BCUT2D eigenvalue weighted by atomic mass is 10.0. The maximum Gasteiger partial charge on any atom is 0.138 e.